The number of benzene rings is 1. The lowest BCUT2D eigenvalue weighted by Crippen LogP contribution is -2.13. The molecule has 0 saturated carbocycles. The van der Waals surface area contributed by atoms with Crippen molar-refractivity contribution in [1.82, 2.24) is 0 Å². The van der Waals surface area contributed by atoms with Gasteiger partial charge in [-0.05, 0) is 18.2 Å². The minimum Gasteiger partial charge on any atom is -0.477 e. The molecule has 0 radical (unpaired) electrons. The first-order valence-electron chi connectivity index (χ1n) is 5.20. The second-order valence-electron chi connectivity index (χ2n) is 3.80. The van der Waals surface area contributed by atoms with Gasteiger partial charge < -0.3 is 5.11 Å². The summed E-state index contributed by atoms with van der Waals surface area (Å²) in [6.07, 6.45) is 0. The van der Waals surface area contributed by atoms with E-state index in [2.05, 4.69) is 4.72 Å². The van der Waals surface area contributed by atoms with Gasteiger partial charge in [-0.2, -0.15) is 0 Å². The lowest BCUT2D eigenvalue weighted by atomic mass is 10.3. The minimum atomic E-state index is -4.08. The Labute approximate surface area is 133 Å². The van der Waals surface area contributed by atoms with Crippen LogP contribution in [0.2, 0.25) is 10.0 Å². The van der Waals surface area contributed by atoms with Crippen molar-refractivity contribution < 1.29 is 22.7 Å². The Kier molecular flexibility index (Phi) is 4.43. The first-order valence-corrected chi connectivity index (χ1v) is 8.32. The Balaban J connectivity index is 2.40. The van der Waals surface area contributed by atoms with Crippen molar-refractivity contribution in [2.75, 3.05) is 4.72 Å². The number of carboxylic acid groups (broad SMARTS) is 1. The molecule has 10 heteroatoms. The Morgan fingerprint density at radius 2 is 1.81 bits per heavy atom. The van der Waals surface area contributed by atoms with Crippen LogP contribution in [0.1, 0.15) is 9.67 Å². The van der Waals surface area contributed by atoms with Gasteiger partial charge in [0, 0.05) is 5.38 Å². The molecule has 1 aromatic carbocycles. The number of anilines is 1. The molecule has 0 fully saturated rings. The Morgan fingerprint density at radius 3 is 2.29 bits per heavy atom. The number of sulfonamides is 1. The summed E-state index contributed by atoms with van der Waals surface area (Å²) in [7, 11) is -4.08. The van der Waals surface area contributed by atoms with Crippen LogP contribution in [0.4, 0.5) is 10.1 Å². The van der Waals surface area contributed by atoms with E-state index < -0.39 is 21.8 Å². The van der Waals surface area contributed by atoms with Crippen LogP contribution in [-0.4, -0.2) is 19.5 Å². The van der Waals surface area contributed by atoms with Crippen LogP contribution >= 0.6 is 34.5 Å². The lowest BCUT2D eigenvalue weighted by Gasteiger charge is -2.10. The van der Waals surface area contributed by atoms with Gasteiger partial charge in [-0.3, -0.25) is 4.72 Å². The summed E-state index contributed by atoms with van der Waals surface area (Å²) in [6, 6.07) is 2.81. The highest BCUT2D eigenvalue weighted by Crippen LogP contribution is 2.33. The van der Waals surface area contributed by atoms with Crippen LogP contribution in [0, 0.1) is 5.82 Å². The molecule has 0 aliphatic carbocycles. The van der Waals surface area contributed by atoms with E-state index in [1.807, 2.05) is 0 Å². The van der Waals surface area contributed by atoms with Gasteiger partial charge >= 0.3 is 5.97 Å². The standard InChI is InChI=1S/C11H6Cl2FNO4S2/c12-7-1-5(14)2-8(13)10(7)15-21(18,19)6-3-9(11(16)17)20-4-6/h1-4,15H,(H,16,17). The second-order valence-corrected chi connectivity index (χ2v) is 7.21. The Bertz CT molecular complexity index is 796. The fourth-order valence-corrected chi connectivity index (χ4v) is 4.28. The average Bonchev–Trinajstić information content (AvgIpc) is 2.84. The predicted octanol–water partition coefficient (Wildman–Crippen LogP) is 3.69. The molecule has 21 heavy (non-hydrogen) atoms. The fourth-order valence-electron chi connectivity index (χ4n) is 1.40. The number of nitrogens with one attached hydrogen (secondary N) is 1. The zero-order chi connectivity index (χ0) is 15.8. The molecule has 0 bridgehead atoms. The van der Waals surface area contributed by atoms with E-state index in [-0.39, 0.29) is 25.5 Å². The molecule has 0 unspecified atom stereocenters. The van der Waals surface area contributed by atoms with E-state index in [1.54, 1.807) is 0 Å². The van der Waals surface area contributed by atoms with Crippen molar-refractivity contribution in [3.05, 3.63) is 44.3 Å². The molecule has 2 N–H and O–H groups in total. The lowest BCUT2D eigenvalue weighted by molar-refractivity contribution is 0.0702. The molecule has 5 nitrogen and oxygen atoms in total. The first-order chi connectivity index (χ1) is 9.70. The van der Waals surface area contributed by atoms with Crippen molar-refractivity contribution in [3.8, 4) is 0 Å². The summed E-state index contributed by atoms with van der Waals surface area (Å²) < 4.78 is 39.4. The van der Waals surface area contributed by atoms with Crippen LogP contribution in [-0.2, 0) is 10.0 Å². The van der Waals surface area contributed by atoms with Crippen molar-refractivity contribution in [3.63, 3.8) is 0 Å². The van der Waals surface area contributed by atoms with Crippen LogP contribution in [0.3, 0.4) is 0 Å². The van der Waals surface area contributed by atoms with Gasteiger partial charge in [0.2, 0.25) is 0 Å². The van der Waals surface area contributed by atoms with Crippen LogP contribution in [0.15, 0.2) is 28.5 Å². The third-order valence-electron chi connectivity index (χ3n) is 2.34. The number of halogens is 3. The molecule has 1 heterocycles. The summed E-state index contributed by atoms with van der Waals surface area (Å²) in [5, 5.41) is 9.53. The van der Waals surface area contributed by atoms with Crippen LogP contribution in [0.5, 0.6) is 0 Å². The molecule has 2 aromatic rings. The topological polar surface area (TPSA) is 83.5 Å². The number of hydrogen-bond acceptors (Lipinski definition) is 4. The van der Waals surface area contributed by atoms with Crippen molar-refractivity contribution in [2.45, 2.75) is 4.90 Å². The van der Waals surface area contributed by atoms with Gasteiger partial charge in [0.05, 0.1) is 20.6 Å². The van der Waals surface area contributed by atoms with Crippen LogP contribution < -0.4 is 4.72 Å². The van der Waals surface area contributed by atoms with Gasteiger partial charge in [-0.25, -0.2) is 17.6 Å². The van der Waals surface area contributed by atoms with Crippen molar-refractivity contribution >= 4 is 56.2 Å². The molecule has 0 saturated heterocycles. The molecule has 0 aliphatic rings. The molecule has 0 spiro atoms. The first kappa shape index (κ1) is 16.0. The monoisotopic (exact) mass is 369 g/mol. The van der Waals surface area contributed by atoms with Gasteiger partial charge in [0.1, 0.15) is 10.7 Å². The van der Waals surface area contributed by atoms with E-state index in [4.69, 9.17) is 28.3 Å². The zero-order valence-electron chi connectivity index (χ0n) is 9.93. The molecule has 1 aromatic heterocycles. The normalized spacial score (nSPS) is 11.4. The maximum atomic E-state index is 13.0. The maximum Gasteiger partial charge on any atom is 0.345 e. The minimum absolute atomic E-state index is 0.133. The molecular formula is C11H6Cl2FNO4S2. The van der Waals surface area contributed by atoms with Crippen LogP contribution in [0.25, 0.3) is 0 Å². The van der Waals surface area contributed by atoms with Crippen molar-refractivity contribution in [1.29, 1.82) is 0 Å². The SMILES string of the molecule is O=C(O)c1cc(S(=O)(=O)Nc2c(Cl)cc(F)cc2Cl)cs1. The zero-order valence-corrected chi connectivity index (χ0v) is 13.1. The van der Waals surface area contributed by atoms with E-state index >= 15 is 0 Å². The smallest absolute Gasteiger partial charge is 0.345 e. The van der Waals surface area contributed by atoms with Gasteiger partial charge in [0.15, 0.2) is 0 Å². The third kappa shape index (κ3) is 3.46. The highest BCUT2D eigenvalue weighted by molar-refractivity contribution is 7.92. The highest BCUT2D eigenvalue weighted by atomic mass is 35.5. The quantitative estimate of drug-likeness (QED) is 0.860. The Hall–Kier alpha value is -1.35. The summed E-state index contributed by atoms with van der Waals surface area (Å²) in [4.78, 5) is 10.4. The number of hydrogen-bond donors (Lipinski definition) is 2. The highest BCUT2D eigenvalue weighted by Gasteiger charge is 2.21. The van der Waals surface area contributed by atoms with E-state index in [9.17, 15) is 17.6 Å². The summed E-state index contributed by atoms with van der Waals surface area (Å²) >= 11 is 12.2. The average molecular weight is 370 g/mol. The van der Waals surface area contributed by atoms with E-state index in [1.165, 1.54) is 0 Å². The molecule has 2 rings (SSSR count). The largest absolute Gasteiger partial charge is 0.477 e. The molecular weight excluding hydrogens is 364 g/mol. The Morgan fingerprint density at radius 1 is 1.24 bits per heavy atom. The van der Waals surface area contributed by atoms with Crippen molar-refractivity contribution in [2.24, 2.45) is 0 Å². The van der Waals surface area contributed by atoms with Gasteiger partial charge in [-0.1, -0.05) is 23.2 Å². The maximum absolute atomic E-state index is 13.0. The van der Waals surface area contributed by atoms with E-state index in [0.29, 0.717) is 0 Å². The number of rotatable bonds is 4. The summed E-state index contributed by atoms with van der Waals surface area (Å²) in [5.41, 5.74) is -0.178. The predicted molar refractivity (Wildman–Crippen MR) is 78.5 cm³/mol. The molecule has 0 aliphatic heterocycles. The number of carboxylic acids is 1. The third-order valence-corrected chi connectivity index (χ3v) is 5.33. The second kappa shape index (κ2) is 5.80. The fraction of sp³-hybridized carbons (Fsp3) is 0. The van der Waals surface area contributed by atoms with Gasteiger partial charge in [0.25, 0.3) is 10.0 Å². The number of thiophene rings is 1. The number of carbonyl (C=O) groups is 1. The van der Waals surface area contributed by atoms with Gasteiger partial charge in [-0.15, -0.1) is 11.3 Å². The summed E-state index contributed by atoms with van der Waals surface area (Å²) in [6.45, 7) is 0. The molecule has 112 valence electrons. The molecule has 0 atom stereocenters. The molecule has 0 amide bonds. The summed E-state index contributed by atoms with van der Waals surface area (Å²) in [5.74, 6) is -1.95. The van der Waals surface area contributed by atoms with E-state index in [0.717, 1.165) is 34.9 Å². The number of aromatic carboxylic acids is 1.